The van der Waals surface area contributed by atoms with E-state index >= 15 is 0 Å². The lowest BCUT2D eigenvalue weighted by Crippen LogP contribution is -2.33. The lowest BCUT2D eigenvalue weighted by atomic mass is 10.2. The third-order valence-electron chi connectivity index (χ3n) is 7.55. The summed E-state index contributed by atoms with van der Waals surface area (Å²) >= 11 is 0.159. The molecule has 0 aliphatic heterocycles. The number of nitrogens with two attached hydrogens (primary N) is 2. The van der Waals surface area contributed by atoms with E-state index in [1.807, 2.05) is 0 Å². The maximum Gasteiger partial charge on any atom is 0.445 e. The van der Waals surface area contributed by atoms with Gasteiger partial charge in [-0.1, -0.05) is 5.04 Å². The zero-order valence-electron chi connectivity index (χ0n) is 30.6. The average Bonchev–Trinajstić information content (AvgIpc) is 3.18. The molecule has 0 saturated carbocycles. The van der Waals surface area contributed by atoms with Crippen molar-refractivity contribution >= 4 is 104 Å². The summed E-state index contributed by atoms with van der Waals surface area (Å²) in [6, 6.07) is 8.60. The average molecular weight is 979 g/mol. The van der Waals surface area contributed by atoms with Gasteiger partial charge in [0.05, 0.1) is 63.5 Å². The molecule has 0 aliphatic rings. The first-order valence-corrected chi connectivity index (χ1v) is 22.7. The normalized spacial score (nSPS) is 12.6. The maximum absolute atomic E-state index is 14.5. The van der Waals surface area contributed by atoms with Crippen molar-refractivity contribution in [1.82, 2.24) is 15.0 Å². The molecule has 3 aromatic carbocycles. The molecule has 0 bridgehead atoms. The summed E-state index contributed by atoms with van der Waals surface area (Å²) in [6.45, 7) is -0.985. The van der Waals surface area contributed by atoms with Crippen LogP contribution in [0.1, 0.15) is 10.4 Å². The monoisotopic (exact) mass is 978 g/mol. The van der Waals surface area contributed by atoms with E-state index in [4.69, 9.17) is 26.4 Å². The van der Waals surface area contributed by atoms with E-state index < -0.39 is 114 Å². The van der Waals surface area contributed by atoms with Gasteiger partial charge in [0.2, 0.25) is 0 Å². The van der Waals surface area contributed by atoms with Gasteiger partial charge in [0, 0.05) is 5.69 Å². The number of hydrogen-bond acceptors (Lipinski definition) is 24. The van der Waals surface area contributed by atoms with Crippen LogP contribution in [0.3, 0.4) is 0 Å². The Morgan fingerprint density at radius 3 is 2.06 bits per heavy atom. The molecule has 5 rings (SSSR count). The third kappa shape index (κ3) is 12.4. The predicted molar refractivity (Wildman–Crippen MR) is 208 cm³/mol. The zero-order chi connectivity index (χ0) is 46.5. The second-order valence-electron chi connectivity index (χ2n) is 11.7. The Labute approximate surface area is 356 Å². The van der Waals surface area contributed by atoms with Gasteiger partial charge in [-0.25, -0.2) is 27.2 Å². The second kappa shape index (κ2) is 19.0. The number of sulfone groups is 1. The van der Waals surface area contributed by atoms with Crippen LogP contribution in [0.2, 0.25) is 0 Å². The fourth-order valence-corrected chi connectivity index (χ4v) is 8.07. The number of benzene rings is 3. The smallest absolute Gasteiger partial charge is 0.445 e. The van der Waals surface area contributed by atoms with E-state index in [-0.39, 0.29) is 39.8 Å². The van der Waals surface area contributed by atoms with Gasteiger partial charge in [0.15, 0.2) is 9.84 Å². The zero-order valence-corrected chi connectivity index (χ0v) is 34.6. The number of aromatic carboxylic acids is 1. The number of nitrogens with zero attached hydrogens (tertiary/aromatic N) is 8. The Hall–Kier alpha value is -6.31. The molecule has 0 aliphatic carbocycles. The first-order chi connectivity index (χ1) is 29.4. The van der Waals surface area contributed by atoms with Crippen LogP contribution in [0.4, 0.5) is 50.2 Å². The minimum absolute atomic E-state index is 0.0996. The molecule has 0 atom stereocenters. The van der Waals surface area contributed by atoms with Crippen molar-refractivity contribution in [2.24, 2.45) is 20.5 Å². The van der Waals surface area contributed by atoms with Crippen molar-refractivity contribution in [3.63, 3.8) is 0 Å². The van der Waals surface area contributed by atoms with Crippen molar-refractivity contribution in [2.75, 3.05) is 29.1 Å². The molecule has 334 valence electrons. The van der Waals surface area contributed by atoms with Crippen LogP contribution < -0.4 is 21.4 Å². The van der Waals surface area contributed by atoms with Gasteiger partial charge in [-0.15, -0.1) is 34.2 Å². The molecule has 2 aromatic heterocycles. The Kier molecular flexibility index (Phi) is 14.4. The Balaban J connectivity index is 1.54. The second-order valence-corrected chi connectivity index (χ2v) is 18.4. The number of hydrogen-bond donors (Lipinski definition) is 8. The van der Waals surface area contributed by atoms with Crippen molar-refractivity contribution in [3.8, 4) is 5.95 Å². The number of carboxylic acid groups (broad SMARTS) is 1. The molecular weight excluding hydrogens is 954 g/mol. The van der Waals surface area contributed by atoms with Gasteiger partial charge in [-0.3, -0.25) is 13.7 Å². The molecule has 0 amide bonds. The number of pyridine rings is 1. The molecular formula is C29H25FN11O17S5+. The molecule has 28 nitrogen and oxygen atoms in total. The van der Waals surface area contributed by atoms with E-state index in [0.29, 0.717) is 6.07 Å². The van der Waals surface area contributed by atoms with Crippen LogP contribution in [0.5, 0.6) is 0 Å². The molecule has 0 unspecified atom stereocenters. The van der Waals surface area contributed by atoms with Crippen molar-refractivity contribution in [1.29, 1.82) is 0 Å². The lowest BCUT2D eigenvalue weighted by molar-refractivity contribution is -0.603. The van der Waals surface area contributed by atoms with Crippen LogP contribution in [0, 0.1) is 6.08 Å². The van der Waals surface area contributed by atoms with Crippen LogP contribution in [0.15, 0.2) is 107 Å². The summed E-state index contributed by atoms with van der Waals surface area (Å²) in [5.74, 6) is -2.99. The van der Waals surface area contributed by atoms with E-state index in [1.54, 1.807) is 0 Å². The van der Waals surface area contributed by atoms with Crippen LogP contribution in [-0.2, 0) is 54.0 Å². The molecule has 0 fully saturated rings. The lowest BCUT2D eigenvalue weighted by Gasteiger charge is -2.11. The predicted octanol–water partition coefficient (Wildman–Crippen LogP) is 3.24. The first-order valence-electron chi connectivity index (χ1n) is 16.1. The third-order valence-corrected chi connectivity index (χ3v) is 12.1. The highest BCUT2D eigenvalue weighted by Gasteiger charge is 2.25. The van der Waals surface area contributed by atoms with Crippen molar-refractivity contribution in [3.05, 3.63) is 78.6 Å². The van der Waals surface area contributed by atoms with E-state index in [2.05, 4.69) is 54.3 Å². The standard InChI is InChI=1S/C29H24FN11O17S5/c30-27-34-28(36-29(35-27)41-7-5-14(6-8-41)26(42)43)33-15-1-4-21(61(47,48)49)18(11-15)38-39-19-13-22(62(50,51)52)24(32)25(23(19)31)40-37-17-3-2-16(12-20(17)59-58-57-44)60(45,46)10-9-56-63(53,54)55/h1-8,11-13H,9-10H2,(H9-,31,32,33,34,35,36,37,38,42,43,44,47,48,49,50,51,52,53,54,55)/p+1. The Morgan fingerprint density at radius 1 is 0.794 bits per heavy atom. The number of carboxylic acids is 1. The fourth-order valence-electron chi connectivity index (χ4n) is 4.77. The topological polar surface area (TPSA) is 439 Å². The minimum Gasteiger partial charge on any atom is -0.478 e. The number of rotatable bonds is 18. The Bertz CT molecular complexity index is 3130. The highest BCUT2D eigenvalue weighted by Crippen LogP contribution is 2.44. The molecule has 10 N–H and O–H groups in total. The first kappa shape index (κ1) is 47.7. The molecule has 0 spiro atoms. The summed E-state index contributed by atoms with van der Waals surface area (Å²) in [5.41, 5.74) is 8.12. The highest BCUT2D eigenvalue weighted by molar-refractivity contribution is 7.95. The van der Waals surface area contributed by atoms with Gasteiger partial charge < -0.3 is 21.9 Å². The quantitative estimate of drug-likeness (QED) is 0.0119. The maximum atomic E-state index is 14.5. The number of aromatic nitrogens is 4. The fraction of sp³-hybridized carbons (Fsp3) is 0.0690. The van der Waals surface area contributed by atoms with E-state index in [0.717, 1.165) is 41.0 Å². The largest absolute Gasteiger partial charge is 0.478 e. The van der Waals surface area contributed by atoms with Gasteiger partial charge in [-0.2, -0.15) is 25.3 Å². The molecule has 2 heterocycles. The van der Waals surface area contributed by atoms with Gasteiger partial charge in [0.25, 0.3) is 20.2 Å². The molecule has 0 radical (unpaired) electrons. The van der Waals surface area contributed by atoms with Gasteiger partial charge in [0.1, 0.15) is 32.5 Å². The van der Waals surface area contributed by atoms with Crippen molar-refractivity contribution in [2.45, 2.75) is 19.6 Å². The number of azo groups is 2. The molecule has 63 heavy (non-hydrogen) atoms. The SMILES string of the molecule is Nc1c(N=Nc2cc(Nc3nc(F)nc(-[n+]4ccc(C(=O)O)cc4)n3)ccc2S(=O)(=O)O)cc(S(=O)(=O)O)c(N)c1N=Nc1ccc(S(=O)(=O)CCOS(=O)(=O)O)cc1SOOO. The van der Waals surface area contributed by atoms with Crippen LogP contribution >= 0.6 is 12.0 Å². The van der Waals surface area contributed by atoms with Crippen molar-refractivity contribution < 1.29 is 85.0 Å². The summed E-state index contributed by atoms with van der Waals surface area (Å²) in [5, 5.41) is 39.1. The summed E-state index contributed by atoms with van der Waals surface area (Å²) in [4.78, 5) is 19.5. The summed E-state index contributed by atoms with van der Waals surface area (Å²) in [7, 11) is -19.6. The van der Waals surface area contributed by atoms with Gasteiger partial charge in [-0.05, 0) is 64.6 Å². The number of halogens is 1. The number of carbonyl (C=O) groups is 1. The Morgan fingerprint density at radius 2 is 1.44 bits per heavy atom. The molecule has 5 aromatic rings. The molecule has 34 heteroatoms. The van der Waals surface area contributed by atoms with Crippen LogP contribution in [-0.4, -0.2) is 91.0 Å². The minimum atomic E-state index is -5.23. The van der Waals surface area contributed by atoms with E-state index in [1.165, 1.54) is 24.5 Å². The van der Waals surface area contributed by atoms with Gasteiger partial charge >= 0.3 is 34.3 Å². The number of anilines is 4. The number of nitrogen functional groups attached to an aromatic ring is 2. The molecule has 0 saturated heterocycles. The summed E-state index contributed by atoms with van der Waals surface area (Å²) in [6.07, 6.45) is 1.14. The van der Waals surface area contributed by atoms with E-state index in [9.17, 15) is 52.0 Å². The summed E-state index contributed by atoms with van der Waals surface area (Å²) < 4.78 is 149. The highest BCUT2D eigenvalue weighted by atomic mass is 32.3. The van der Waals surface area contributed by atoms with Crippen LogP contribution in [0.25, 0.3) is 5.95 Å². The number of nitrogens with one attached hydrogen (secondary N) is 1.